The van der Waals surface area contributed by atoms with Gasteiger partial charge in [0.2, 0.25) is 5.91 Å². The third-order valence-corrected chi connectivity index (χ3v) is 4.90. The zero-order valence-electron chi connectivity index (χ0n) is 12.3. The van der Waals surface area contributed by atoms with Gasteiger partial charge in [0.25, 0.3) is 0 Å². The normalized spacial score (nSPS) is 23.4. The molecule has 0 bridgehead atoms. The zero-order chi connectivity index (χ0) is 14.9. The number of thioether (sulfide) groups is 1. The van der Waals surface area contributed by atoms with Gasteiger partial charge in [-0.05, 0) is 44.7 Å². The van der Waals surface area contributed by atoms with E-state index in [0.717, 1.165) is 5.56 Å². The van der Waals surface area contributed by atoms with Crippen LogP contribution in [0.4, 0.5) is 4.39 Å². The van der Waals surface area contributed by atoms with Crippen molar-refractivity contribution in [2.75, 3.05) is 12.8 Å². The van der Waals surface area contributed by atoms with E-state index in [2.05, 4.69) is 19.2 Å². The molecule has 1 aliphatic rings. The summed E-state index contributed by atoms with van der Waals surface area (Å²) in [7, 11) is 0. The van der Waals surface area contributed by atoms with Crippen LogP contribution in [0.3, 0.4) is 0 Å². The minimum absolute atomic E-state index is 0.0142. The Kier molecular flexibility index (Phi) is 4.39. The van der Waals surface area contributed by atoms with E-state index in [9.17, 15) is 9.18 Å². The summed E-state index contributed by atoms with van der Waals surface area (Å²) in [5.74, 6) is -0.163. The van der Waals surface area contributed by atoms with Crippen LogP contribution in [0.15, 0.2) is 24.3 Å². The Morgan fingerprint density at radius 2 is 1.95 bits per heavy atom. The molecule has 1 aromatic rings. The molecule has 3 nitrogen and oxygen atoms in total. The lowest BCUT2D eigenvalue weighted by Gasteiger charge is -2.32. The van der Waals surface area contributed by atoms with Gasteiger partial charge in [-0.3, -0.25) is 10.1 Å². The van der Waals surface area contributed by atoms with Gasteiger partial charge in [0, 0.05) is 11.3 Å². The molecule has 1 amide bonds. The first-order chi connectivity index (χ1) is 9.34. The summed E-state index contributed by atoms with van der Waals surface area (Å²) >= 11 is 1.74. The molecule has 1 aromatic carbocycles. The average molecular weight is 296 g/mol. The quantitative estimate of drug-likeness (QED) is 0.927. The summed E-state index contributed by atoms with van der Waals surface area (Å²) < 4.78 is 13.0. The van der Waals surface area contributed by atoms with Crippen molar-refractivity contribution in [1.29, 1.82) is 0 Å². The zero-order valence-corrected chi connectivity index (χ0v) is 13.1. The third kappa shape index (κ3) is 3.15. The summed E-state index contributed by atoms with van der Waals surface area (Å²) in [5, 5.41) is 3.28. The number of halogens is 1. The van der Waals surface area contributed by atoms with Gasteiger partial charge >= 0.3 is 0 Å². The molecule has 0 radical (unpaired) electrons. The van der Waals surface area contributed by atoms with Gasteiger partial charge in [-0.25, -0.2) is 4.39 Å². The van der Waals surface area contributed by atoms with Crippen LogP contribution in [0.2, 0.25) is 0 Å². The fourth-order valence-electron chi connectivity index (χ4n) is 2.34. The first-order valence-corrected chi connectivity index (χ1v) is 7.94. The Morgan fingerprint density at radius 3 is 2.50 bits per heavy atom. The largest absolute Gasteiger partial charge is 0.320 e. The summed E-state index contributed by atoms with van der Waals surface area (Å²) in [5.41, 5.74) is 0.918. The Bertz CT molecular complexity index is 489. The van der Waals surface area contributed by atoms with Gasteiger partial charge < -0.3 is 4.90 Å². The number of carbonyl (C=O) groups is 1. The number of amides is 1. The van der Waals surface area contributed by atoms with Crippen LogP contribution < -0.4 is 5.32 Å². The van der Waals surface area contributed by atoms with E-state index in [1.807, 2.05) is 18.1 Å². The molecule has 2 rings (SSSR count). The highest BCUT2D eigenvalue weighted by Gasteiger charge is 2.39. The van der Waals surface area contributed by atoms with Gasteiger partial charge in [0.05, 0.1) is 6.04 Å². The highest BCUT2D eigenvalue weighted by molar-refractivity contribution is 7.99. The Morgan fingerprint density at radius 1 is 1.35 bits per heavy atom. The van der Waals surface area contributed by atoms with Crippen molar-refractivity contribution < 1.29 is 9.18 Å². The molecule has 2 unspecified atom stereocenters. The Labute approximate surface area is 123 Å². The first-order valence-electron chi connectivity index (χ1n) is 6.71. The van der Waals surface area contributed by atoms with Crippen molar-refractivity contribution in [3.8, 4) is 0 Å². The highest BCUT2D eigenvalue weighted by Crippen LogP contribution is 2.31. The molecule has 0 aliphatic carbocycles. The molecule has 0 saturated carbocycles. The van der Waals surface area contributed by atoms with Crippen LogP contribution in [0.1, 0.15) is 32.5 Å². The second kappa shape index (κ2) is 5.74. The summed E-state index contributed by atoms with van der Waals surface area (Å²) in [6, 6.07) is 6.13. The highest BCUT2D eigenvalue weighted by atomic mass is 32.2. The average Bonchev–Trinajstić information content (AvgIpc) is 2.68. The number of rotatable bonds is 4. The smallest absolute Gasteiger partial charge is 0.241 e. The molecule has 1 heterocycles. The van der Waals surface area contributed by atoms with Crippen LogP contribution in [0.5, 0.6) is 0 Å². The van der Waals surface area contributed by atoms with Crippen LogP contribution >= 0.6 is 11.8 Å². The lowest BCUT2D eigenvalue weighted by molar-refractivity contribution is -0.130. The maximum atomic E-state index is 13.0. The minimum atomic E-state index is -0.262. The second-order valence-corrected chi connectivity index (χ2v) is 7.29. The number of nitrogens with one attached hydrogen (secondary N) is 1. The molecule has 5 heteroatoms. The van der Waals surface area contributed by atoms with Crippen LogP contribution in [-0.2, 0) is 4.79 Å². The van der Waals surface area contributed by atoms with Gasteiger partial charge in [-0.1, -0.05) is 12.1 Å². The van der Waals surface area contributed by atoms with Gasteiger partial charge in [-0.15, -0.1) is 0 Å². The monoisotopic (exact) mass is 296 g/mol. The minimum Gasteiger partial charge on any atom is -0.320 e. The van der Waals surface area contributed by atoms with E-state index in [1.54, 1.807) is 23.9 Å². The fraction of sp³-hybridized carbons (Fsp3) is 0.533. The van der Waals surface area contributed by atoms with Crippen LogP contribution in [0, 0.1) is 5.82 Å². The lowest BCUT2D eigenvalue weighted by atomic mass is 10.1. The number of hydrogen-bond acceptors (Lipinski definition) is 3. The molecule has 1 N–H and O–H groups in total. The van der Waals surface area contributed by atoms with Crippen LogP contribution in [0.25, 0.3) is 0 Å². The molecule has 110 valence electrons. The predicted octanol–water partition coefficient (Wildman–Crippen LogP) is 2.79. The van der Waals surface area contributed by atoms with Crippen molar-refractivity contribution in [2.24, 2.45) is 0 Å². The van der Waals surface area contributed by atoms with Crippen molar-refractivity contribution in [3.05, 3.63) is 35.6 Å². The molecule has 0 aromatic heterocycles. The predicted molar refractivity (Wildman–Crippen MR) is 81.0 cm³/mol. The molecule has 0 spiro atoms. The number of hydrogen-bond donors (Lipinski definition) is 1. The summed E-state index contributed by atoms with van der Waals surface area (Å²) in [6.45, 7) is 6.77. The fourth-order valence-corrected chi connectivity index (χ4v) is 2.61. The van der Waals surface area contributed by atoms with E-state index in [0.29, 0.717) is 6.54 Å². The van der Waals surface area contributed by atoms with Gasteiger partial charge in [0.1, 0.15) is 12.0 Å². The Hall–Kier alpha value is -1.07. The van der Waals surface area contributed by atoms with E-state index in [1.165, 1.54) is 12.1 Å². The van der Waals surface area contributed by atoms with E-state index < -0.39 is 0 Å². The molecule has 20 heavy (non-hydrogen) atoms. The molecule has 1 aliphatic heterocycles. The van der Waals surface area contributed by atoms with Gasteiger partial charge in [-0.2, -0.15) is 11.8 Å². The number of nitrogens with zero attached hydrogens (tertiary/aromatic N) is 1. The van der Waals surface area contributed by atoms with E-state index >= 15 is 0 Å². The molecular weight excluding hydrogens is 275 g/mol. The van der Waals surface area contributed by atoms with E-state index in [-0.39, 0.29) is 28.7 Å². The van der Waals surface area contributed by atoms with Gasteiger partial charge in [0.15, 0.2) is 0 Å². The lowest BCUT2D eigenvalue weighted by Crippen LogP contribution is -2.40. The van der Waals surface area contributed by atoms with Crippen molar-refractivity contribution >= 4 is 17.7 Å². The third-order valence-electron chi connectivity index (χ3n) is 3.66. The number of carbonyl (C=O) groups excluding carboxylic acids is 1. The topological polar surface area (TPSA) is 32.3 Å². The van der Waals surface area contributed by atoms with Crippen molar-refractivity contribution in [2.45, 2.75) is 37.7 Å². The van der Waals surface area contributed by atoms with E-state index in [4.69, 9.17) is 0 Å². The van der Waals surface area contributed by atoms with Crippen LogP contribution in [-0.4, -0.2) is 34.4 Å². The summed E-state index contributed by atoms with van der Waals surface area (Å²) in [6.07, 6.45) is 1.87. The standard InChI is InChI=1S/C15H21FN2OS/c1-10-14(19)18(9-15(2,3)20-4)13(17-10)11-5-7-12(16)8-6-11/h5-8,10,13,17H,9H2,1-4H3. The molecule has 1 fully saturated rings. The first kappa shape index (κ1) is 15.3. The maximum absolute atomic E-state index is 13.0. The Balaban J connectivity index is 2.26. The van der Waals surface area contributed by atoms with Crippen molar-refractivity contribution in [1.82, 2.24) is 10.2 Å². The molecular formula is C15H21FN2OS. The molecule has 2 atom stereocenters. The maximum Gasteiger partial charge on any atom is 0.241 e. The van der Waals surface area contributed by atoms with Crippen molar-refractivity contribution in [3.63, 3.8) is 0 Å². The second-order valence-electron chi connectivity index (χ2n) is 5.77. The summed E-state index contributed by atoms with van der Waals surface area (Å²) in [4.78, 5) is 14.2. The number of benzene rings is 1. The molecule has 1 saturated heterocycles. The SMILES string of the molecule is CSC(C)(C)CN1C(=O)C(C)NC1c1ccc(F)cc1.